The van der Waals surface area contributed by atoms with Crippen LogP contribution in [0, 0.1) is 5.92 Å². The molecule has 2 rings (SSSR count). The summed E-state index contributed by atoms with van der Waals surface area (Å²) in [6, 6.07) is 8.71. The Labute approximate surface area is 141 Å². The fraction of sp³-hybridized carbons (Fsp3) is 0.500. The molecule has 6 heteroatoms. The van der Waals surface area contributed by atoms with Gasteiger partial charge in [0, 0.05) is 12.8 Å². The summed E-state index contributed by atoms with van der Waals surface area (Å²) in [7, 11) is 1.28. The first-order valence-electron chi connectivity index (χ1n) is 8.10. The topological polar surface area (TPSA) is 81.7 Å². The highest BCUT2D eigenvalue weighted by Gasteiger charge is 2.34. The second kappa shape index (κ2) is 9.17. The number of esters is 1. The Bertz CT molecular complexity index is 572. The number of methoxy groups -OCH3 is 1. The molecule has 1 N–H and O–H groups in total. The molecule has 0 bridgehead atoms. The number of carbonyl (C=O) groups excluding carboxylic acids is 3. The van der Waals surface area contributed by atoms with Crippen LogP contribution in [0.2, 0.25) is 0 Å². The minimum atomic E-state index is -0.799. The zero-order chi connectivity index (χ0) is 17.4. The van der Waals surface area contributed by atoms with Crippen LogP contribution in [0.3, 0.4) is 0 Å². The van der Waals surface area contributed by atoms with Gasteiger partial charge in [-0.05, 0) is 24.3 Å². The van der Waals surface area contributed by atoms with Crippen molar-refractivity contribution >= 4 is 17.7 Å². The normalized spacial score (nSPS) is 18.7. The zero-order valence-corrected chi connectivity index (χ0v) is 13.8. The molecular weight excluding hydrogens is 310 g/mol. The van der Waals surface area contributed by atoms with Crippen molar-refractivity contribution in [3.8, 4) is 0 Å². The Kier molecular flexibility index (Phi) is 6.93. The minimum Gasteiger partial charge on any atom is -0.467 e. The number of ketones is 1. The predicted octanol–water partition coefficient (Wildman–Crippen LogP) is 1.62. The Hall–Kier alpha value is -2.21. The van der Waals surface area contributed by atoms with Crippen molar-refractivity contribution in [2.45, 2.75) is 38.3 Å². The van der Waals surface area contributed by atoms with Gasteiger partial charge in [-0.1, -0.05) is 30.3 Å². The molecule has 0 aromatic heterocycles. The van der Waals surface area contributed by atoms with E-state index in [1.165, 1.54) is 7.11 Å². The lowest BCUT2D eigenvalue weighted by molar-refractivity contribution is -0.148. The Morgan fingerprint density at radius 3 is 2.71 bits per heavy atom. The second-order valence-corrected chi connectivity index (χ2v) is 5.94. The average molecular weight is 333 g/mol. The highest BCUT2D eigenvalue weighted by atomic mass is 16.5. The van der Waals surface area contributed by atoms with E-state index in [4.69, 9.17) is 9.47 Å². The summed E-state index contributed by atoms with van der Waals surface area (Å²) in [6.45, 7) is 0.169. The van der Waals surface area contributed by atoms with Crippen molar-refractivity contribution in [1.29, 1.82) is 0 Å². The number of Topliss-reactive ketones (excluding diaryl/α,β-unsaturated/α-hetero) is 1. The fourth-order valence-corrected chi connectivity index (χ4v) is 2.89. The smallest absolute Gasteiger partial charge is 0.328 e. The number of hydrogen-bond acceptors (Lipinski definition) is 5. The van der Waals surface area contributed by atoms with Crippen LogP contribution in [-0.4, -0.2) is 37.4 Å². The molecule has 1 aromatic rings. The lowest BCUT2D eigenvalue weighted by atomic mass is 9.83. The third kappa shape index (κ3) is 5.45. The van der Waals surface area contributed by atoms with E-state index in [0.29, 0.717) is 19.4 Å². The first-order chi connectivity index (χ1) is 11.6. The summed E-state index contributed by atoms with van der Waals surface area (Å²) >= 11 is 0. The van der Waals surface area contributed by atoms with Crippen LogP contribution in [0.15, 0.2) is 30.3 Å². The minimum absolute atomic E-state index is 0.120. The van der Waals surface area contributed by atoms with Gasteiger partial charge in [0.25, 0.3) is 0 Å². The molecule has 0 saturated heterocycles. The lowest BCUT2D eigenvalue weighted by Gasteiger charge is -2.28. The van der Waals surface area contributed by atoms with Crippen LogP contribution in [0.25, 0.3) is 0 Å². The number of amides is 1. The number of carbonyl (C=O) groups is 3. The summed E-state index contributed by atoms with van der Waals surface area (Å²) in [4.78, 5) is 35.6. The van der Waals surface area contributed by atoms with Gasteiger partial charge in [-0.15, -0.1) is 0 Å². The number of nitrogens with one attached hydrogen (secondary N) is 1. The van der Waals surface area contributed by atoms with Gasteiger partial charge in [0.1, 0.15) is 18.4 Å². The number of rotatable bonds is 7. The van der Waals surface area contributed by atoms with E-state index in [1.54, 1.807) is 0 Å². The largest absolute Gasteiger partial charge is 0.467 e. The van der Waals surface area contributed by atoms with Crippen LogP contribution in [0.1, 0.15) is 31.2 Å². The molecule has 1 fully saturated rings. The predicted molar refractivity (Wildman–Crippen MR) is 87.0 cm³/mol. The summed E-state index contributed by atoms with van der Waals surface area (Å²) in [5.74, 6) is -1.00. The first-order valence-corrected chi connectivity index (χ1v) is 8.10. The van der Waals surface area contributed by atoms with Gasteiger partial charge in [-0.25, -0.2) is 4.79 Å². The highest BCUT2D eigenvalue weighted by Crippen LogP contribution is 2.25. The van der Waals surface area contributed by atoms with E-state index in [1.807, 2.05) is 30.3 Å². The Morgan fingerprint density at radius 2 is 2.04 bits per heavy atom. The van der Waals surface area contributed by atoms with Gasteiger partial charge in [0.15, 0.2) is 0 Å². The van der Waals surface area contributed by atoms with Gasteiger partial charge < -0.3 is 14.8 Å². The highest BCUT2D eigenvalue weighted by molar-refractivity contribution is 5.86. The van der Waals surface area contributed by atoms with Crippen LogP contribution in [0.5, 0.6) is 0 Å². The van der Waals surface area contributed by atoms with Crippen LogP contribution >= 0.6 is 0 Å². The van der Waals surface area contributed by atoms with Crippen molar-refractivity contribution in [3.05, 3.63) is 35.9 Å². The molecule has 0 unspecified atom stereocenters. The molecule has 130 valence electrons. The van der Waals surface area contributed by atoms with E-state index < -0.39 is 12.0 Å². The third-order valence-electron chi connectivity index (χ3n) is 4.11. The van der Waals surface area contributed by atoms with Crippen molar-refractivity contribution in [1.82, 2.24) is 5.32 Å². The maximum atomic E-state index is 12.1. The van der Waals surface area contributed by atoms with Gasteiger partial charge in [0.05, 0.1) is 13.7 Å². The van der Waals surface area contributed by atoms with E-state index >= 15 is 0 Å². The van der Waals surface area contributed by atoms with Gasteiger partial charge in [0.2, 0.25) is 5.91 Å². The third-order valence-corrected chi connectivity index (χ3v) is 4.11. The second-order valence-electron chi connectivity index (χ2n) is 5.94. The lowest BCUT2D eigenvalue weighted by Crippen LogP contribution is -2.49. The van der Waals surface area contributed by atoms with Crippen LogP contribution in [-0.2, 0) is 30.5 Å². The van der Waals surface area contributed by atoms with Crippen molar-refractivity contribution in [2.24, 2.45) is 5.92 Å². The molecule has 1 aliphatic carbocycles. The average Bonchev–Trinajstić information content (AvgIpc) is 2.60. The van der Waals surface area contributed by atoms with Gasteiger partial charge in [-0.3, -0.25) is 9.59 Å². The van der Waals surface area contributed by atoms with E-state index in [-0.39, 0.29) is 24.2 Å². The summed E-state index contributed by atoms with van der Waals surface area (Å²) in [5.41, 5.74) is 0.965. The summed E-state index contributed by atoms with van der Waals surface area (Å²) < 4.78 is 10.1. The molecule has 0 heterocycles. The maximum Gasteiger partial charge on any atom is 0.328 e. The van der Waals surface area contributed by atoms with E-state index in [0.717, 1.165) is 18.4 Å². The fourth-order valence-electron chi connectivity index (χ4n) is 2.89. The van der Waals surface area contributed by atoms with E-state index in [2.05, 4.69) is 5.32 Å². The maximum absolute atomic E-state index is 12.1. The quantitative estimate of drug-likeness (QED) is 0.767. The monoisotopic (exact) mass is 333 g/mol. The molecule has 0 spiro atoms. The Morgan fingerprint density at radius 1 is 1.29 bits per heavy atom. The zero-order valence-electron chi connectivity index (χ0n) is 13.8. The molecule has 1 aliphatic rings. The molecule has 6 nitrogen and oxygen atoms in total. The number of hydrogen-bond donors (Lipinski definition) is 1. The molecule has 1 amide bonds. The summed E-state index contributed by atoms with van der Waals surface area (Å²) in [6.07, 6.45) is 2.29. The number of benzene rings is 1. The van der Waals surface area contributed by atoms with Crippen molar-refractivity contribution in [2.75, 3.05) is 13.7 Å². The number of ether oxygens (including phenoxy) is 2. The Balaban J connectivity index is 1.85. The van der Waals surface area contributed by atoms with Crippen molar-refractivity contribution in [3.63, 3.8) is 0 Å². The van der Waals surface area contributed by atoms with Gasteiger partial charge >= 0.3 is 5.97 Å². The standard InChI is InChI=1S/C18H23NO5/c1-23-18(22)17(14-8-5-9-15(20)10-14)19-16(21)12-24-11-13-6-3-2-4-7-13/h2-4,6-7,14,17H,5,8-12H2,1H3,(H,19,21)/t14-,17+/m1/s1. The molecule has 1 saturated carbocycles. The summed E-state index contributed by atoms with van der Waals surface area (Å²) in [5, 5.41) is 2.65. The molecule has 0 aliphatic heterocycles. The molecule has 2 atom stereocenters. The molecule has 24 heavy (non-hydrogen) atoms. The SMILES string of the molecule is COC(=O)[C@@H](NC(=O)COCc1ccccc1)[C@@H]1CCCC(=O)C1. The van der Waals surface area contributed by atoms with Gasteiger partial charge in [-0.2, -0.15) is 0 Å². The first kappa shape index (κ1) is 18.1. The molecule has 1 aromatic carbocycles. The van der Waals surface area contributed by atoms with Crippen LogP contribution in [0.4, 0.5) is 0 Å². The van der Waals surface area contributed by atoms with E-state index in [9.17, 15) is 14.4 Å². The molecular formula is C18H23NO5. The van der Waals surface area contributed by atoms with Crippen LogP contribution < -0.4 is 5.32 Å². The van der Waals surface area contributed by atoms with Crippen molar-refractivity contribution < 1.29 is 23.9 Å². The molecule has 0 radical (unpaired) electrons.